The van der Waals surface area contributed by atoms with Gasteiger partial charge in [-0.2, -0.15) is 0 Å². The largest absolute Gasteiger partial charge is 0.488 e. The van der Waals surface area contributed by atoms with Crippen LogP contribution in [0.15, 0.2) is 71.6 Å². The van der Waals surface area contributed by atoms with Crippen LogP contribution in [-0.2, 0) is 10.0 Å². The van der Waals surface area contributed by atoms with Gasteiger partial charge >= 0.3 is 19.1 Å². The molecule has 6 N–H and O–H groups in total. The van der Waals surface area contributed by atoms with E-state index in [2.05, 4.69) is 10.0 Å². The predicted octanol–water partition coefficient (Wildman–Crippen LogP) is 0.816. The van der Waals surface area contributed by atoms with Crippen molar-refractivity contribution in [2.75, 3.05) is 10.0 Å². The number of benzene rings is 3. The van der Waals surface area contributed by atoms with Crippen molar-refractivity contribution in [3.63, 3.8) is 0 Å². The van der Waals surface area contributed by atoms with Crippen LogP contribution in [0.3, 0.4) is 0 Å². The van der Waals surface area contributed by atoms with Crippen LogP contribution in [0.5, 0.6) is 0 Å². The molecule has 174 valence electrons. The zero-order valence-electron chi connectivity index (χ0n) is 17.2. The molecule has 0 saturated heterocycles. The standard InChI is InChI=1S/C21H17BN2O9S/c25-19(12-4-6-13(7-5-12)20(26)27)23-15-2-1-3-16(11-15)34(32,33)24-18-10-14(22(30)31)8-9-17(18)21(28)29/h1-11,24,30-31H,(H,23,25)(H,26,27)(H,28,29). The van der Waals surface area contributed by atoms with Crippen molar-refractivity contribution in [3.8, 4) is 0 Å². The Bertz CT molecular complexity index is 1370. The van der Waals surface area contributed by atoms with E-state index in [1.807, 2.05) is 0 Å². The van der Waals surface area contributed by atoms with Crippen LogP contribution in [0.2, 0.25) is 0 Å². The normalized spacial score (nSPS) is 10.9. The Morgan fingerprint density at radius 3 is 2.03 bits per heavy atom. The van der Waals surface area contributed by atoms with Crippen LogP contribution in [0.25, 0.3) is 0 Å². The molecule has 0 atom stereocenters. The Labute approximate surface area is 193 Å². The van der Waals surface area contributed by atoms with Gasteiger partial charge in [-0.25, -0.2) is 18.0 Å². The minimum Gasteiger partial charge on any atom is -0.478 e. The summed E-state index contributed by atoms with van der Waals surface area (Å²) in [7, 11) is -6.29. The van der Waals surface area contributed by atoms with Crippen LogP contribution in [0.1, 0.15) is 31.1 Å². The highest BCUT2D eigenvalue weighted by Gasteiger charge is 2.22. The fraction of sp³-hybridized carbons (Fsp3) is 0. The summed E-state index contributed by atoms with van der Waals surface area (Å²) in [6, 6.07) is 13.4. The number of carbonyl (C=O) groups is 3. The molecule has 0 saturated carbocycles. The quantitative estimate of drug-likeness (QED) is 0.251. The molecule has 1 amide bonds. The van der Waals surface area contributed by atoms with E-state index < -0.39 is 40.6 Å². The van der Waals surface area contributed by atoms with Crippen molar-refractivity contribution in [2.45, 2.75) is 4.90 Å². The third kappa shape index (κ3) is 5.59. The number of sulfonamides is 1. The summed E-state index contributed by atoms with van der Waals surface area (Å²) >= 11 is 0. The lowest BCUT2D eigenvalue weighted by Crippen LogP contribution is -2.30. The van der Waals surface area contributed by atoms with Crippen LogP contribution in [-0.4, -0.2) is 53.6 Å². The smallest absolute Gasteiger partial charge is 0.478 e. The van der Waals surface area contributed by atoms with Crippen molar-refractivity contribution in [1.29, 1.82) is 0 Å². The van der Waals surface area contributed by atoms with Gasteiger partial charge in [0.1, 0.15) is 0 Å². The van der Waals surface area contributed by atoms with Crippen LogP contribution in [0, 0.1) is 0 Å². The Hall–Kier alpha value is -4.20. The topological polar surface area (TPSA) is 190 Å². The van der Waals surface area contributed by atoms with Gasteiger partial charge < -0.3 is 25.6 Å². The first-order chi connectivity index (χ1) is 16.0. The van der Waals surface area contributed by atoms with E-state index in [0.717, 1.165) is 24.3 Å². The lowest BCUT2D eigenvalue weighted by molar-refractivity contribution is 0.0686. The monoisotopic (exact) mass is 484 g/mol. The number of carbonyl (C=O) groups excluding carboxylic acids is 1. The first-order valence-corrected chi connectivity index (χ1v) is 11.0. The van der Waals surface area contributed by atoms with Crippen molar-refractivity contribution in [1.82, 2.24) is 0 Å². The minimum absolute atomic E-state index is 0.00534. The second kappa shape index (κ2) is 9.74. The lowest BCUT2D eigenvalue weighted by Gasteiger charge is -2.13. The highest BCUT2D eigenvalue weighted by Crippen LogP contribution is 2.22. The highest BCUT2D eigenvalue weighted by atomic mass is 32.2. The first-order valence-electron chi connectivity index (χ1n) is 9.49. The average molecular weight is 484 g/mol. The maximum absolute atomic E-state index is 12.9. The van der Waals surface area contributed by atoms with Gasteiger partial charge in [-0.05, 0) is 60.1 Å². The molecule has 34 heavy (non-hydrogen) atoms. The molecule has 3 aromatic carbocycles. The van der Waals surface area contributed by atoms with Gasteiger partial charge in [0.15, 0.2) is 0 Å². The summed E-state index contributed by atoms with van der Waals surface area (Å²) in [6.45, 7) is 0. The van der Waals surface area contributed by atoms with Crippen molar-refractivity contribution in [2.24, 2.45) is 0 Å². The maximum atomic E-state index is 12.9. The first kappa shape index (κ1) is 24.4. The van der Waals surface area contributed by atoms with Crippen LogP contribution in [0.4, 0.5) is 11.4 Å². The molecule has 0 unspecified atom stereocenters. The van der Waals surface area contributed by atoms with Crippen molar-refractivity contribution >= 4 is 51.8 Å². The SMILES string of the molecule is O=C(O)c1ccc(C(=O)Nc2cccc(S(=O)(=O)Nc3cc(B(O)O)ccc3C(=O)O)c2)cc1. The number of aromatic carboxylic acids is 2. The summed E-state index contributed by atoms with van der Waals surface area (Å²) in [6.07, 6.45) is 0. The number of hydrogen-bond acceptors (Lipinski definition) is 7. The molecule has 3 aromatic rings. The molecule has 0 heterocycles. The highest BCUT2D eigenvalue weighted by molar-refractivity contribution is 7.92. The van der Waals surface area contributed by atoms with Gasteiger partial charge in [-0.1, -0.05) is 12.1 Å². The Kier molecular flexibility index (Phi) is 7.01. The number of rotatable bonds is 8. The molecule has 0 fully saturated rings. The third-order valence-electron chi connectivity index (χ3n) is 4.61. The number of amides is 1. The second-order valence-corrected chi connectivity index (χ2v) is 8.64. The summed E-state index contributed by atoms with van der Waals surface area (Å²) in [5.41, 5.74) is -0.685. The zero-order valence-corrected chi connectivity index (χ0v) is 18.0. The number of anilines is 2. The molecule has 0 aliphatic rings. The number of hydrogen-bond donors (Lipinski definition) is 6. The zero-order chi connectivity index (χ0) is 25.0. The van der Waals surface area contributed by atoms with Gasteiger partial charge in [-0.15, -0.1) is 0 Å². The van der Waals surface area contributed by atoms with Gasteiger partial charge in [0.2, 0.25) is 0 Å². The van der Waals surface area contributed by atoms with E-state index in [9.17, 15) is 38.0 Å². The lowest BCUT2D eigenvalue weighted by atomic mass is 9.79. The fourth-order valence-electron chi connectivity index (χ4n) is 2.91. The second-order valence-electron chi connectivity index (χ2n) is 6.95. The average Bonchev–Trinajstić information content (AvgIpc) is 2.78. The number of carboxylic acid groups (broad SMARTS) is 2. The van der Waals surface area contributed by atoms with Crippen molar-refractivity contribution < 1.29 is 43.1 Å². The van der Waals surface area contributed by atoms with E-state index in [1.54, 1.807) is 0 Å². The summed E-state index contributed by atoms with van der Waals surface area (Å²) < 4.78 is 27.8. The van der Waals surface area contributed by atoms with Gasteiger partial charge in [0.05, 0.1) is 21.7 Å². The minimum atomic E-state index is -4.34. The molecule has 0 bridgehead atoms. The van der Waals surface area contributed by atoms with E-state index in [1.165, 1.54) is 42.5 Å². The van der Waals surface area contributed by atoms with Gasteiger partial charge in [0, 0.05) is 11.3 Å². The Morgan fingerprint density at radius 1 is 0.794 bits per heavy atom. The van der Waals surface area contributed by atoms with Crippen LogP contribution >= 0.6 is 0 Å². The molecule has 13 heteroatoms. The van der Waals surface area contributed by atoms with Crippen molar-refractivity contribution in [3.05, 3.63) is 83.4 Å². The number of carboxylic acids is 2. The molecule has 0 radical (unpaired) electrons. The Morgan fingerprint density at radius 2 is 1.44 bits per heavy atom. The van der Waals surface area contributed by atoms with E-state index in [4.69, 9.17) is 5.11 Å². The fourth-order valence-corrected chi connectivity index (χ4v) is 4.02. The molecular formula is C21H17BN2O9S. The Balaban J connectivity index is 1.86. The van der Waals surface area contributed by atoms with E-state index in [-0.39, 0.29) is 32.9 Å². The third-order valence-corrected chi connectivity index (χ3v) is 5.98. The molecular weight excluding hydrogens is 467 g/mol. The summed E-state index contributed by atoms with van der Waals surface area (Å²) in [4.78, 5) is 34.5. The van der Waals surface area contributed by atoms with Crippen LogP contribution < -0.4 is 15.5 Å². The summed E-state index contributed by atoms with van der Waals surface area (Å²) in [5.74, 6) is -3.20. The molecule has 11 nitrogen and oxygen atoms in total. The predicted molar refractivity (Wildman–Crippen MR) is 122 cm³/mol. The van der Waals surface area contributed by atoms with E-state index in [0.29, 0.717) is 0 Å². The van der Waals surface area contributed by atoms with E-state index >= 15 is 0 Å². The molecule has 0 aromatic heterocycles. The molecule has 0 spiro atoms. The molecule has 0 aliphatic carbocycles. The molecule has 0 aliphatic heterocycles. The number of nitrogens with one attached hydrogen (secondary N) is 2. The summed E-state index contributed by atoms with van der Waals surface area (Å²) in [5, 5.41) is 39.4. The molecule has 3 rings (SSSR count). The van der Waals surface area contributed by atoms with Gasteiger partial charge in [0.25, 0.3) is 15.9 Å². The van der Waals surface area contributed by atoms with Gasteiger partial charge in [-0.3, -0.25) is 9.52 Å². The maximum Gasteiger partial charge on any atom is 0.488 e.